The Morgan fingerprint density at radius 1 is 1.35 bits per heavy atom. The van der Waals surface area contributed by atoms with Gasteiger partial charge in [-0.3, -0.25) is 0 Å². The van der Waals surface area contributed by atoms with E-state index >= 15 is 0 Å². The summed E-state index contributed by atoms with van der Waals surface area (Å²) in [5, 5.41) is 12.7. The lowest BCUT2D eigenvalue weighted by Gasteiger charge is -2.34. The molecule has 1 aromatic rings. The predicted molar refractivity (Wildman–Crippen MR) is 79.5 cm³/mol. The molecular weight excluding hydrogens is 254 g/mol. The number of carboxylic acid groups (broad SMARTS) is 1. The molecule has 0 aromatic heterocycles. The standard InChI is InChI=1S/C16H23NO3/c1-10-4-7-14(11(2)8-10)17-15-9-12(20-3)5-6-13(15)16(18)19/h5-6,9-11,14,17H,4,7-8H2,1-3H3,(H,18,19). The Hall–Kier alpha value is -1.71. The van der Waals surface area contributed by atoms with Crippen molar-refractivity contribution in [3.05, 3.63) is 23.8 Å². The van der Waals surface area contributed by atoms with Gasteiger partial charge in [0.05, 0.1) is 18.4 Å². The van der Waals surface area contributed by atoms with E-state index in [1.807, 2.05) is 0 Å². The molecule has 4 heteroatoms. The van der Waals surface area contributed by atoms with Gasteiger partial charge in [0.15, 0.2) is 0 Å². The zero-order chi connectivity index (χ0) is 14.7. The summed E-state index contributed by atoms with van der Waals surface area (Å²) in [6, 6.07) is 5.38. The summed E-state index contributed by atoms with van der Waals surface area (Å²) in [6.45, 7) is 4.51. The summed E-state index contributed by atoms with van der Waals surface area (Å²) in [5.41, 5.74) is 0.958. The van der Waals surface area contributed by atoms with Crippen molar-refractivity contribution in [2.75, 3.05) is 12.4 Å². The maximum Gasteiger partial charge on any atom is 0.337 e. The molecular formula is C16H23NO3. The van der Waals surface area contributed by atoms with Crippen molar-refractivity contribution in [1.29, 1.82) is 0 Å². The minimum absolute atomic E-state index is 0.302. The van der Waals surface area contributed by atoms with Gasteiger partial charge in [-0.05, 0) is 43.2 Å². The summed E-state index contributed by atoms with van der Waals surface area (Å²) in [5.74, 6) is 1.07. The van der Waals surface area contributed by atoms with E-state index in [1.54, 1.807) is 25.3 Å². The van der Waals surface area contributed by atoms with Crippen LogP contribution in [0.15, 0.2) is 18.2 Å². The van der Waals surface area contributed by atoms with Crippen molar-refractivity contribution in [2.24, 2.45) is 11.8 Å². The lowest BCUT2D eigenvalue weighted by Crippen LogP contribution is -2.33. The van der Waals surface area contributed by atoms with Crippen LogP contribution in [-0.2, 0) is 0 Å². The highest BCUT2D eigenvalue weighted by Gasteiger charge is 2.26. The van der Waals surface area contributed by atoms with Crippen LogP contribution in [0.4, 0.5) is 5.69 Å². The van der Waals surface area contributed by atoms with E-state index in [1.165, 1.54) is 12.8 Å². The number of hydrogen-bond acceptors (Lipinski definition) is 3. The minimum Gasteiger partial charge on any atom is -0.497 e. The van der Waals surface area contributed by atoms with Crippen molar-refractivity contribution in [3.8, 4) is 5.75 Å². The van der Waals surface area contributed by atoms with Crippen LogP contribution in [0.5, 0.6) is 5.75 Å². The fraction of sp³-hybridized carbons (Fsp3) is 0.562. The number of rotatable bonds is 4. The van der Waals surface area contributed by atoms with Crippen LogP contribution in [0.1, 0.15) is 43.5 Å². The Labute approximate surface area is 120 Å². The first-order valence-electron chi connectivity index (χ1n) is 7.19. The Morgan fingerprint density at radius 3 is 2.70 bits per heavy atom. The predicted octanol–water partition coefficient (Wildman–Crippen LogP) is 3.63. The molecule has 1 saturated carbocycles. The number of hydrogen-bond donors (Lipinski definition) is 2. The highest BCUT2D eigenvalue weighted by Crippen LogP contribution is 2.32. The molecule has 2 N–H and O–H groups in total. The molecule has 20 heavy (non-hydrogen) atoms. The Bertz CT molecular complexity index is 487. The molecule has 1 fully saturated rings. The smallest absolute Gasteiger partial charge is 0.337 e. The maximum atomic E-state index is 11.3. The van der Waals surface area contributed by atoms with E-state index in [-0.39, 0.29) is 0 Å². The van der Waals surface area contributed by atoms with Crippen LogP contribution in [0.3, 0.4) is 0 Å². The molecule has 0 radical (unpaired) electrons. The molecule has 0 aliphatic heterocycles. The molecule has 4 nitrogen and oxygen atoms in total. The van der Waals surface area contributed by atoms with E-state index in [9.17, 15) is 9.90 Å². The van der Waals surface area contributed by atoms with Crippen LogP contribution in [-0.4, -0.2) is 24.2 Å². The topological polar surface area (TPSA) is 58.6 Å². The van der Waals surface area contributed by atoms with Crippen molar-refractivity contribution in [1.82, 2.24) is 0 Å². The first-order valence-corrected chi connectivity index (χ1v) is 7.19. The number of carboxylic acids is 1. The number of carbonyl (C=O) groups is 1. The van der Waals surface area contributed by atoms with Crippen LogP contribution in [0.25, 0.3) is 0 Å². The Balaban J connectivity index is 2.20. The average Bonchev–Trinajstić information content (AvgIpc) is 2.41. The molecule has 0 amide bonds. The number of ether oxygens (including phenoxy) is 1. The Morgan fingerprint density at radius 2 is 2.10 bits per heavy atom. The van der Waals surface area contributed by atoms with E-state index in [4.69, 9.17) is 4.74 Å². The van der Waals surface area contributed by atoms with Gasteiger partial charge in [-0.15, -0.1) is 0 Å². The molecule has 1 aromatic carbocycles. The third-order valence-corrected chi connectivity index (χ3v) is 4.23. The number of aromatic carboxylic acids is 1. The summed E-state index contributed by atoms with van der Waals surface area (Å²) in [4.78, 5) is 11.3. The second-order valence-corrected chi connectivity index (χ2v) is 5.86. The lowest BCUT2D eigenvalue weighted by atomic mass is 9.79. The van der Waals surface area contributed by atoms with Crippen LogP contribution in [0.2, 0.25) is 0 Å². The monoisotopic (exact) mass is 277 g/mol. The molecule has 0 spiro atoms. The third kappa shape index (κ3) is 3.24. The highest BCUT2D eigenvalue weighted by molar-refractivity contribution is 5.94. The first-order chi connectivity index (χ1) is 9.51. The highest BCUT2D eigenvalue weighted by atomic mass is 16.5. The van der Waals surface area contributed by atoms with Gasteiger partial charge in [0, 0.05) is 12.1 Å². The third-order valence-electron chi connectivity index (χ3n) is 4.23. The Kier molecular flexibility index (Phi) is 4.53. The normalized spacial score (nSPS) is 26.1. The molecule has 0 saturated heterocycles. The first kappa shape index (κ1) is 14.7. The summed E-state index contributed by atoms with van der Waals surface area (Å²) >= 11 is 0. The average molecular weight is 277 g/mol. The molecule has 3 atom stereocenters. The van der Waals surface area contributed by atoms with Crippen LogP contribution >= 0.6 is 0 Å². The van der Waals surface area contributed by atoms with Gasteiger partial charge in [0.2, 0.25) is 0 Å². The summed E-state index contributed by atoms with van der Waals surface area (Å²) < 4.78 is 5.19. The number of nitrogens with one attached hydrogen (secondary N) is 1. The van der Waals surface area contributed by atoms with E-state index in [2.05, 4.69) is 19.2 Å². The number of methoxy groups -OCH3 is 1. The molecule has 3 unspecified atom stereocenters. The second-order valence-electron chi connectivity index (χ2n) is 5.86. The minimum atomic E-state index is -0.910. The molecule has 0 bridgehead atoms. The second kappa shape index (κ2) is 6.16. The molecule has 0 heterocycles. The lowest BCUT2D eigenvalue weighted by molar-refractivity contribution is 0.0697. The SMILES string of the molecule is COc1ccc(C(=O)O)c(NC2CCC(C)CC2C)c1. The molecule has 110 valence electrons. The van der Waals surface area contributed by atoms with Gasteiger partial charge in [0.25, 0.3) is 0 Å². The molecule has 1 aliphatic carbocycles. The van der Waals surface area contributed by atoms with Crippen molar-refractivity contribution in [3.63, 3.8) is 0 Å². The van der Waals surface area contributed by atoms with Gasteiger partial charge in [0.1, 0.15) is 5.75 Å². The zero-order valence-corrected chi connectivity index (χ0v) is 12.3. The van der Waals surface area contributed by atoms with Crippen LogP contribution < -0.4 is 10.1 Å². The number of benzene rings is 1. The number of anilines is 1. The van der Waals surface area contributed by atoms with Crippen molar-refractivity contribution >= 4 is 11.7 Å². The van der Waals surface area contributed by atoms with Gasteiger partial charge >= 0.3 is 5.97 Å². The fourth-order valence-electron chi connectivity index (χ4n) is 3.04. The fourth-order valence-corrected chi connectivity index (χ4v) is 3.04. The van der Waals surface area contributed by atoms with Crippen molar-refractivity contribution in [2.45, 2.75) is 39.2 Å². The maximum absolute atomic E-state index is 11.3. The van der Waals surface area contributed by atoms with Crippen molar-refractivity contribution < 1.29 is 14.6 Å². The summed E-state index contributed by atoms with van der Waals surface area (Å²) in [6.07, 6.45) is 3.46. The van der Waals surface area contributed by atoms with E-state index in [0.29, 0.717) is 29.0 Å². The van der Waals surface area contributed by atoms with Gasteiger partial charge in [-0.2, -0.15) is 0 Å². The van der Waals surface area contributed by atoms with Gasteiger partial charge in [-0.25, -0.2) is 4.79 Å². The van der Waals surface area contributed by atoms with E-state index in [0.717, 1.165) is 12.3 Å². The van der Waals surface area contributed by atoms with Gasteiger partial charge < -0.3 is 15.2 Å². The largest absolute Gasteiger partial charge is 0.497 e. The molecule has 1 aliphatic rings. The zero-order valence-electron chi connectivity index (χ0n) is 12.3. The van der Waals surface area contributed by atoms with Gasteiger partial charge in [-0.1, -0.05) is 13.8 Å². The van der Waals surface area contributed by atoms with Crippen LogP contribution in [0, 0.1) is 11.8 Å². The molecule has 2 rings (SSSR count). The summed E-state index contributed by atoms with van der Waals surface area (Å²) in [7, 11) is 1.59. The van der Waals surface area contributed by atoms with E-state index < -0.39 is 5.97 Å². The quantitative estimate of drug-likeness (QED) is 0.882.